The van der Waals surface area contributed by atoms with Gasteiger partial charge in [0.15, 0.2) is 0 Å². The van der Waals surface area contributed by atoms with Crippen molar-refractivity contribution in [2.75, 3.05) is 0 Å². The third-order valence-electron chi connectivity index (χ3n) is 7.46. The monoisotopic (exact) mass is 518 g/mol. The SMILES string of the molecule is c1ccc(-c2cc(-c3ccc4c(c3)sc3ccccc34)cc(-c3ccc4c(c3)sc3ccccc34)c2)cc1. The van der Waals surface area contributed by atoms with E-state index in [0.29, 0.717) is 0 Å². The minimum Gasteiger partial charge on any atom is -0.135 e. The number of fused-ring (bicyclic) bond motifs is 6. The molecule has 8 rings (SSSR count). The normalized spacial score (nSPS) is 11.7. The molecule has 178 valence electrons. The van der Waals surface area contributed by atoms with E-state index in [-0.39, 0.29) is 0 Å². The molecule has 0 N–H and O–H groups in total. The molecular formula is C36H22S2. The maximum atomic E-state index is 2.36. The van der Waals surface area contributed by atoms with Crippen molar-refractivity contribution in [1.29, 1.82) is 0 Å². The number of hydrogen-bond acceptors (Lipinski definition) is 2. The van der Waals surface area contributed by atoms with Crippen LogP contribution in [0.3, 0.4) is 0 Å². The van der Waals surface area contributed by atoms with Gasteiger partial charge >= 0.3 is 0 Å². The number of thiophene rings is 2. The first-order valence-corrected chi connectivity index (χ1v) is 14.5. The lowest BCUT2D eigenvalue weighted by atomic mass is 9.93. The van der Waals surface area contributed by atoms with Gasteiger partial charge < -0.3 is 0 Å². The average Bonchev–Trinajstić information content (AvgIpc) is 3.54. The van der Waals surface area contributed by atoms with Crippen molar-refractivity contribution in [2.24, 2.45) is 0 Å². The summed E-state index contributed by atoms with van der Waals surface area (Å²) in [6, 6.07) is 49.0. The van der Waals surface area contributed by atoms with E-state index in [1.165, 1.54) is 73.7 Å². The van der Waals surface area contributed by atoms with E-state index in [9.17, 15) is 0 Å². The van der Waals surface area contributed by atoms with Gasteiger partial charge in [-0.05, 0) is 75.8 Å². The molecule has 0 spiro atoms. The Kier molecular flexibility index (Phi) is 4.97. The predicted molar refractivity (Wildman–Crippen MR) is 169 cm³/mol. The fourth-order valence-corrected chi connectivity index (χ4v) is 7.86. The summed E-state index contributed by atoms with van der Waals surface area (Å²) in [5, 5.41) is 5.36. The van der Waals surface area contributed by atoms with E-state index >= 15 is 0 Å². The van der Waals surface area contributed by atoms with E-state index in [4.69, 9.17) is 0 Å². The molecule has 0 amide bonds. The number of rotatable bonds is 3. The molecule has 0 atom stereocenters. The Hall–Kier alpha value is -4.24. The molecule has 0 unspecified atom stereocenters. The van der Waals surface area contributed by atoms with Crippen LogP contribution in [0.5, 0.6) is 0 Å². The van der Waals surface area contributed by atoms with Gasteiger partial charge in [-0.15, -0.1) is 22.7 Å². The van der Waals surface area contributed by atoms with Crippen molar-refractivity contribution in [2.45, 2.75) is 0 Å². The zero-order valence-electron chi connectivity index (χ0n) is 20.5. The Morgan fingerprint density at radius 2 is 0.684 bits per heavy atom. The first kappa shape index (κ1) is 21.8. The molecule has 2 heterocycles. The molecule has 6 aromatic carbocycles. The van der Waals surface area contributed by atoms with Crippen LogP contribution in [-0.4, -0.2) is 0 Å². The van der Waals surface area contributed by atoms with Gasteiger partial charge in [-0.1, -0.05) is 91.0 Å². The molecule has 0 aliphatic heterocycles. The van der Waals surface area contributed by atoms with Gasteiger partial charge in [-0.3, -0.25) is 0 Å². The summed E-state index contributed by atoms with van der Waals surface area (Å²) in [7, 11) is 0. The Balaban J connectivity index is 1.33. The van der Waals surface area contributed by atoms with Gasteiger partial charge in [0.2, 0.25) is 0 Å². The van der Waals surface area contributed by atoms with Crippen molar-refractivity contribution in [3.63, 3.8) is 0 Å². The summed E-state index contributed by atoms with van der Waals surface area (Å²) in [5.74, 6) is 0. The lowest BCUT2D eigenvalue weighted by Crippen LogP contribution is -1.86. The average molecular weight is 519 g/mol. The highest BCUT2D eigenvalue weighted by molar-refractivity contribution is 7.26. The van der Waals surface area contributed by atoms with E-state index < -0.39 is 0 Å². The van der Waals surface area contributed by atoms with Gasteiger partial charge in [-0.25, -0.2) is 0 Å². The second-order valence-electron chi connectivity index (χ2n) is 9.78. The predicted octanol–water partition coefficient (Wildman–Crippen LogP) is 11.4. The van der Waals surface area contributed by atoms with Crippen molar-refractivity contribution >= 4 is 63.0 Å². The van der Waals surface area contributed by atoms with Crippen molar-refractivity contribution in [3.8, 4) is 33.4 Å². The topological polar surface area (TPSA) is 0 Å². The smallest absolute Gasteiger partial charge is 0.0361 e. The fourth-order valence-electron chi connectivity index (χ4n) is 5.57. The maximum Gasteiger partial charge on any atom is 0.0361 e. The first-order valence-electron chi connectivity index (χ1n) is 12.8. The lowest BCUT2D eigenvalue weighted by molar-refractivity contribution is 1.59. The second-order valence-corrected chi connectivity index (χ2v) is 12.0. The molecule has 0 nitrogen and oxygen atoms in total. The lowest BCUT2D eigenvalue weighted by Gasteiger charge is -2.12. The number of benzene rings is 6. The summed E-state index contributed by atoms with van der Waals surface area (Å²) >= 11 is 3.75. The summed E-state index contributed by atoms with van der Waals surface area (Å²) < 4.78 is 5.36. The highest BCUT2D eigenvalue weighted by Gasteiger charge is 2.12. The molecule has 0 fully saturated rings. The Morgan fingerprint density at radius 1 is 0.263 bits per heavy atom. The van der Waals surface area contributed by atoms with Crippen LogP contribution in [0.1, 0.15) is 0 Å². The maximum absolute atomic E-state index is 2.36. The fraction of sp³-hybridized carbons (Fsp3) is 0. The van der Waals surface area contributed by atoms with Gasteiger partial charge in [0.1, 0.15) is 0 Å². The van der Waals surface area contributed by atoms with Gasteiger partial charge in [0, 0.05) is 40.3 Å². The Morgan fingerprint density at radius 3 is 1.21 bits per heavy atom. The van der Waals surface area contributed by atoms with Crippen molar-refractivity contribution < 1.29 is 0 Å². The second kappa shape index (κ2) is 8.66. The quantitative estimate of drug-likeness (QED) is 0.218. The van der Waals surface area contributed by atoms with Crippen LogP contribution in [0.4, 0.5) is 0 Å². The molecule has 2 aromatic heterocycles. The van der Waals surface area contributed by atoms with Gasteiger partial charge in [0.05, 0.1) is 0 Å². The zero-order chi connectivity index (χ0) is 25.1. The minimum absolute atomic E-state index is 1.24. The first-order chi connectivity index (χ1) is 18.8. The molecule has 2 heteroatoms. The molecule has 0 aliphatic carbocycles. The summed E-state index contributed by atoms with van der Waals surface area (Å²) in [5.41, 5.74) is 7.49. The standard InChI is InChI=1S/C36H22S2/c1-2-8-23(9-3-1)26-18-27(24-14-16-31-29-10-4-6-12-33(29)37-35(31)21-24)20-28(19-26)25-15-17-32-30-11-5-7-13-34(30)38-36(32)22-25/h1-22H. The molecule has 0 saturated heterocycles. The third-order valence-corrected chi connectivity index (χ3v) is 9.73. The largest absolute Gasteiger partial charge is 0.135 e. The van der Waals surface area contributed by atoms with Crippen LogP contribution in [0.25, 0.3) is 73.7 Å². The van der Waals surface area contributed by atoms with Crippen LogP contribution in [0.2, 0.25) is 0 Å². The van der Waals surface area contributed by atoms with E-state index in [0.717, 1.165) is 0 Å². The number of hydrogen-bond donors (Lipinski definition) is 0. The van der Waals surface area contributed by atoms with Crippen LogP contribution in [0, 0.1) is 0 Å². The highest BCUT2D eigenvalue weighted by Crippen LogP contribution is 2.40. The molecule has 0 radical (unpaired) electrons. The molecule has 0 aliphatic rings. The van der Waals surface area contributed by atoms with Crippen LogP contribution < -0.4 is 0 Å². The minimum atomic E-state index is 1.24. The molecular weight excluding hydrogens is 497 g/mol. The summed E-state index contributed by atoms with van der Waals surface area (Å²) in [4.78, 5) is 0. The van der Waals surface area contributed by atoms with Crippen molar-refractivity contribution in [3.05, 3.63) is 133 Å². The highest BCUT2D eigenvalue weighted by atomic mass is 32.1. The van der Waals surface area contributed by atoms with Crippen LogP contribution in [0.15, 0.2) is 133 Å². The third kappa shape index (κ3) is 3.57. The molecule has 38 heavy (non-hydrogen) atoms. The van der Waals surface area contributed by atoms with Gasteiger partial charge in [-0.2, -0.15) is 0 Å². The summed E-state index contributed by atoms with van der Waals surface area (Å²) in [6.45, 7) is 0. The van der Waals surface area contributed by atoms with Crippen LogP contribution >= 0.6 is 22.7 Å². The van der Waals surface area contributed by atoms with E-state index in [1.54, 1.807) is 0 Å². The Labute approximate surface area is 229 Å². The Bertz CT molecular complexity index is 1990. The molecule has 8 aromatic rings. The van der Waals surface area contributed by atoms with E-state index in [2.05, 4.69) is 133 Å². The molecule has 0 saturated carbocycles. The van der Waals surface area contributed by atoms with Crippen LogP contribution in [-0.2, 0) is 0 Å². The van der Waals surface area contributed by atoms with Gasteiger partial charge in [0.25, 0.3) is 0 Å². The van der Waals surface area contributed by atoms with E-state index in [1.807, 2.05) is 22.7 Å². The summed E-state index contributed by atoms with van der Waals surface area (Å²) in [6.07, 6.45) is 0. The zero-order valence-corrected chi connectivity index (χ0v) is 22.2. The van der Waals surface area contributed by atoms with Crippen molar-refractivity contribution in [1.82, 2.24) is 0 Å². The molecule has 0 bridgehead atoms.